The van der Waals surface area contributed by atoms with Crippen molar-refractivity contribution in [2.24, 2.45) is 5.92 Å². The van der Waals surface area contributed by atoms with Crippen molar-refractivity contribution in [2.75, 3.05) is 17.2 Å². The van der Waals surface area contributed by atoms with Gasteiger partial charge in [-0.25, -0.2) is 4.98 Å². The molecule has 1 aromatic heterocycles. The number of alkyl halides is 3. The molecule has 0 radical (unpaired) electrons. The molecule has 9 heteroatoms. The van der Waals surface area contributed by atoms with Crippen LogP contribution in [-0.2, 0) is 6.18 Å². The first-order valence-corrected chi connectivity index (χ1v) is 8.34. The second-order valence-corrected chi connectivity index (χ2v) is 6.60. The summed E-state index contributed by atoms with van der Waals surface area (Å²) in [5.41, 5.74) is -0.318. The van der Waals surface area contributed by atoms with Gasteiger partial charge in [0.25, 0.3) is 0 Å². The van der Waals surface area contributed by atoms with Gasteiger partial charge in [-0.3, -0.25) is 0 Å². The van der Waals surface area contributed by atoms with Crippen molar-refractivity contribution < 1.29 is 18.3 Å². The monoisotopic (exact) mass is 418 g/mol. The van der Waals surface area contributed by atoms with Crippen molar-refractivity contribution in [1.82, 2.24) is 9.97 Å². The molecule has 0 aliphatic heterocycles. The number of halogens is 4. The minimum atomic E-state index is -4.58. The standard InChI is InChI=1S/C16H18BrF3N4O/c1-9(8-25)10(2)22-14-13(16(18,19)20)7-21-15(24-14)23-12-5-3-4-11(17)6-12/h3-7,9-10,25H,8H2,1-2H3,(H2,21,22,23,24). The van der Waals surface area contributed by atoms with Crippen molar-refractivity contribution in [3.63, 3.8) is 0 Å². The molecule has 1 aromatic carbocycles. The third kappa shape index (κ3) is 5.30. The Labute approximate surface area is 151 Å². The number of rotatable bonds is 6. The summed E-state index contributed by atoms with van der Waals surface area (Å²) in [6.07, 6.45) is -3.84. The molecule has 2 atom stereocenters. The number of benzene rings is 1. The summed E-state index contributed by atoms with van der Waals surface area (Å²) in [5.74, 6) is -0.525. The average Bonchev–Trinajstić information content (AvgIpc) is 2.53. The fourth-order valence-corrected chi connectivity index (χ4v) is 2.37. The van der Waals surface area contributed by atoms with Crippen LogP contribution in [0.4, 0.5) is 30.6 Å². The van der Waals surface area contributed by atoms with Gasteiger partial charge in [0.1, 0.15) is 11.4 Å². The van der Waals surface area contributed by atoms with Gasteiger partial charge >= 0.3 is 6.18 Å². The SMILES string of the molecule is CC(CO)C(C)Nc1nc(Nc2cccc(Br)c2)ncc1C(F)(F)F. The van der Waals surface area contributed by atoms with E-state index in [-0.39, 0.29) is 24.3 Å². The molecule has 2 rings (SSSR count). The Balaban J connectivity index is 2.33. The van der Waals surface area contributed by atoms with Crippen molar-refractivity contribution in [3.05, 3.63) is 40.5 Å². The lowest BCUT2D eigenvalue weighted by molar-refractivity contribution is -0.137. The number of aliphatic hydroxyl groups is 1. The molecule has 0 spiro atoms. The molecule has 0 aliphatic carbocycles. The van der Waals surface area contributed by atoms with Gasteiger partial charge in [-0.15, -0.1) is 0 Å². The molecule has 0 saturated heterocycles. The van der Waals surface area contributed by atoms with Gasteiger partial charge < -0.3 is 15.7 Å². The van der Waals surface area contributed by atoms with Crippen LogP contribution in [0.15, 0.2) is 34.9 Å². The lowest BCUT2D eigenvalue weighted by Gasteiger charge is -2.22. The van der Waals surface area contributed by atoms with E-state index < -0.39 is 17.8 Å². The molecule has 1 heterocycles. The first-order valence-electron chi connectivity index (χ1n) is 7.55. The summed E-state index contributed by atoms with van der Waals surface area (Å²) in [6, 6.07) is 6.70. The highest BCUT2D eigenvalue weighted by Gasteiger charge is 2.35. The van der Waals surface area contributed by atoms with E-state index in [1.54, 1.807) is 32.0 Å². The van der Waals surface area contributed by atoms with Crippen molar-refractivity contribution in [2.45, 2.75) is 26.1 Å². The second-order valence-electron chi connectivity index (χ2n) is 5.68. The molecule has 0 amide bonds. The first-order chi connectivity index (χ1) is 11.7. The van der Waals surface area contributed by atoms with E-state index in [1.807, 2.05) is 6.07 Å². The van der Waals surface area contributed by atoms with E-state index in [0.717, 1.165) is 10.7 Å². The largest absolute Gasteiger partial charge is 0.421 e. The third-order valence-corrected chi connectivity index (χ3v) is 4.17. The lowest BCUT2D eigenvalue weighted by atomic mass is 10.1. The Hall–Kier alpha value is -1.87. The van der Waals surface area contributed by atoms with Gasteiger partial charge in [0.2, 0.25) is 5.95 Å². The molecule has 0 bridgehead atoms. The molecular formula is C16H18BrF3N4O. The van der Waals surface area contributed by atoms with Gasteiger partial charge in [-0.05, 0) is 31.0 Å². The summed E-state index contributed by atoms with van der Waals surface area (Å²) in [6.45, 7) is 3.26. The van der Waals surface area contributed by atoms with E-state index >= 15 is 0 Å². The average molecular weight is 419 g/mol. The molecule has 2 aromatic rings. The van der Waals surface area contributed by atoms with Crippen LogP contribution in [0.3, 0.4) is 0 Å². The summed E-state index contributed by atoms with van der Waals surface area (Å²) in [7, 11) is 0. The number of aliphatic hydroxyl groups excluding tert-OH is 1. The molecule has 136 valence electrons. The number of nitrogens with zero attached hydrogens (tertiary/aromatic N) is 2. The topological polar surface area (TPSA) is 70.1 Å². The highest BCUT2D eigenvalue weighted by molar-refractivity contribution is 9.10. The second kappa shape index (κ2) is 8.01. The van der Waals surface area contributed by atoms with Gasteiger partial charge in [-0.2, -0.15) is 18.2 Å². The summed E-state index contributed by atoms with van der Waals surface area (Å²) >= 11 is 3.32. The Bertz CT molecular complexity index is 727. The number of anilines is 3. The van der Waals surface area contributed by atoms with Gasteiger partial charge in [0, 0.05) is 29.0 Å². The highest BCUT2D eigenvalue weighted by Crippen LogP contribution is 2.34. The van der Waals surface area contributed by atoms with Crippen LogP contribution >= 0.6 is 15.9 Å². The van der Waals surface area contributed by atoms with E-state index in [4.69, 9.17) is 0 Å². The number of hydrogen-bond donors (Lipinski definition) is 3. The Kier molecular flexibility index (Phi) is 6.23. The lowest BCUT2D eigenvalue weighted by Crippen LogP contribution is -2.28. The molecular weight excluding hydrogens is 401 g/mol. The Morgan fingerprint density at radius 1 is 1.28 bits per heavy atom. The molecule has 5 nitrogen and oxygen atoms in total. The normalized spacial score (nSPS) is 14.0. The van der Waals surface area contributed by atoms with Crippen molar-refractivity contribution in [1.29, 1.82) is 0 Å². The fraction of sp³-hybridized carbons (Fsp3) is 0.375. The minimum Gasteiger partial charge on any atom is -0.396 e. The Morgan fingerprint density at radius 2 is 2.00 bits per heavy atom. The quantitative estimate of drug-likeness (QED) is 0.647. The molecule has 0 fully saturated rings. The summed E-state index contributed by atoms with van der Waals surface area (Å²) < 4.78 is 40.4. The maximum Gasteiger partial charge on any atom is 0.421 e. The van der Waals surface area contributed by atoms with Crippen LogP contribution in [0.5, 0.6) is 0 Å². The van der Waals surface area contributed by atoms with E-state index in [9.17, 15) is 18.3 Å². The molecule has 25 heavy (non-hydrogen) atoms. The van der Waals surface area contributed by atoms with Crippen LogP contribution in [0.2, 0.25) is 0 Å². The van der Waals surface area contributed by atoms with Gasteiger partial charge in [0.15, 0.2) is 0 Å². The van der Waals surface area contributed by atoms with Crippen LogP contribution in [-0.4, -0.2) is 27.7 Å². The highest BCUT2D eigenvalue weighted by atomic mass is 79.9. The Morgan fingerprint density at radius 3 is 2.60 bits per heavy atom. The van der Waals surface area contributed by atoms with Gasteiger partial charge in [0.05, 0.1) is 0 Å². The predicted octanol–water partition coefficient (Wildman–Crippen LogP) is 4.43. The van der Waals surface area contributed by atoms with Gasteiger partial charge in [-0.1, -0.05) is 28.9 Å². The smallest absolute Gasteiger partial charge is 0.396 e. The number of nitrogens with one attached hydrogen (secondary N) is 2. The maximum absolute atomic E-state index is 13.2. The fourth-order valence-electron chi connectivity index (χ4n) is 1.97. The first kappa shape index (κ1) is 19.5. The molecule has 2 unspecified atom stereocenters. The zero-order valence-corrected chi connectivity index (χ0v) is 15.2. The zero-order valence-electron chi connectivity index (χ0n) is 13.6. The number of hydrogen-bond acceptors (Lipinski definition) is 5. The van der Waals surface area contributed by atoms with E-state index in [1.165, 1.54) is 0 Å². The summed E-state index contributed by atoms with van der Waals surface area (Å²) in [5, 5.41) is 14.8. The minimum absolute atomic E-state index is 0.0393. The van der Waals surface area contributed by atoms with Crippen molar-refractivity contribution >= 4 is 33.4 Å². The number of aromatic nitrogens is 2. The molecule has 3 N–H and O–H groups in total. The van der Waals surface area contributed by atoms with Crippen LogP contribution in [0.1, 0.15) is 19.4 Å². The zero-order chi connectivity index (χ0) is 18.6. The maximum atomic E-state index is 13.2. The van der Waals surface area contributed by atoms with Crippen LogP contribution in [0, 0.1) is 5.92 Å². The van der Waals surface area contributed by atoms with Crippen LogP contribution in [0.25, 0.3) is 0 Å². The molecule has 0 saturated carbocycles. The summed E-state index contributed by atoms with van der Waals surface area (Å²) in [4.78, 5) is 7.73. The van der Waals surface area contributed by atoms with Crippen molar-refractivity contribution in [3.8, 4) is 0 Å². The van der Waals surface area contributed by atoms with E-state index in [2.05, 4.69) is 36.5 Å². The van der Waals surface area contributed by atoms with E-state index in [0.29, 0.717) is 5.69 Å². The predicted molar refractivity (Wildman–Crippen MR) is 93.8 cm³/mol. The molecule has 0 aliphatic rings. The third-order valence-electron chi connectivity index (χ3n) is 3.68. The van der Waals surface area contributed by atoms with Crippen LogP contribution < -0.4 is 10.6 Å².